The average Bonchev–Trinajstić information content (AvgIpc) is 3.17. The van der Waals surface area contributed by atoms with Crippen molar-refractivity contribution in [2.45, 2.75) is 38.5 Å². The van der Waals surface area contributed by atoms with Crippen LogP contribution in [0.4, 0.5) is 0 Å². The highest BCUT2D eigenvalue weighted by atomic mass is 14.7. The molecule has 24 heavy (non-hydrogen) atoms. The van der Waals surface area contributed by atoms with Gasteiger partial charge in [0.15, 0.2) is 0 Å². The van der Waals surface area contributed by atoms with Crippen LogP contribution in [0.25, 0.3) is 22.4 Å². The van der Waals surface area contributed by atoms with Crippen LogP contribution in [0.2, 0.25) is 0 Å². The van der Waals surface area contributed by atoms with Gasteiger partial charge in [-0.3, -0.25) is 4.98 Å². The molecule has 1 nitrogen and oxygen atoms in total. The van der Waals surface area contributed by atoms with Crippen LogP contribution in [0, 0.1) is 6.92 Å². The predicted octanol–water partition coefficient (Wildman–Crippen LogP) is 6.38. The monoisotopic (exact) mass is 313 g/mol. The third-order valence-electron chi connectivity index (χ3n) is 5.23. The van der Waals surface area contributed by atoms with E-state index in [2.05, 4.69) is 72.6 Å². The standard InChI is InChI=1S/C23H23N/c1-17-7-2-5-12-22(17)23-16-21(13-14-24-23)20-11-6-10-19(15-20)18-8-3-4-9-18/h2,5-7,10-16,18H,3-4,8-9H2,1H3. The van der Waals surface area contributed by atoms with Crippen molar-refractivity contribution in [3.05, 3.63) is 78.0 Å². The normalized spacial score (nSPS) is 14.9. The number of pyridine rings is 1. The summed E-state index contributed by atoms with van der Waals surface area (Å²) in [6, 6.07) is 21.9. The Morgan fingerprint density at radius 3 is 2.46 bits per heavy atom. The summed E-state index contributed by atoms with van der Waals surface area (Å²) in [4.78, 5) is 4.60. The molecular weight excluding hydrogens is 290 g/mol. The number of rotatable bonds is 3. The van der Waals surface area contributed by atoms with Gasteiger partial charge in [0.2, 0.25) is 0 Å². The molecule has 3 aromatic rings. The van der Waals surface area contributed by atoms with Gasteiger partial charge in [0, 0.05) is 11.8 Å². The van der Waals surface area contributed by atoms with E-state index in [1.54, 1.807) is 0 Å². The molecule has 0 radical (unpaired) electrons. The topological polar surface area (TPSA) is 12.9 Å². The molecule has 1 heteroatoms. The highest BCUT2D eigenvalue weighted by molar-refractivity contribution is 5.72. The number of aromatic nitrogens is 1. The second-order valence-corrected chi connectivity index (χ2v) is 6.85. The number of hydrogen-bond acceptors (Lipinski definition) is 1. The van der Waals surface area contributed by atoms with Crippen molar-refractivity contribution in [1.82, 2.24) is 4.98 Å². The molecule has 0 unspecified atom stereocenters. The Hall–Kier alpha value is -2.41. The smallest absolute Gasteiger partial charge is 0.0710 e. The van der Waals surface area contributed by atoms with E-state index in [9.17, 15) is 0 Å². The lowest BCUT2D eigenvalue weighted by Gasteiger charge is -2.12. The molecular formula is C23H23N. The Balaban J connectivity index is 1.71. The molecule has 0 N–H and O–H groups in total. The number of hydrogen-bond donors (Lipinski definition) is 0. The van der Waals surface area contributed by atoms with Crippen LogP contribution in [0.1, 0.15) is 42.7 Å². The molecule has 2 aromatic carbocycles. The van der Waals surface area contributed by atoms with E-state index in [-0.39, 0.29) is 0 Å². The second kappa shape index (κ2) is 6.60. The molecule has 0 aliphatic heterocycles. The Labute approximate surface area is 144 Å². The van der Waals surface area contributed by atoms with Crippen molar-refractivity contribution < 1.29 is 0 Å². The first-order valence-electron chi connectivity index (χ1n) is 8.94. The molecule has 0 spiro atoms. The van der Waals surface area contributed by atoms with Gasteiger partial charge in [-0.2, -0.15) is 0 Å². The van der Waals surface area contributed by atoms with E-state index in [0.717, 1.165) is 11.6 Å². The van der Waals surface area contributed by atoms with Crippen LogP contribution in [0.15, 0.2) is 66.9 Å². The predicted molar refractivity (Wildman–Crippen MR) is 101 cm³/mol. The zero-order valence-corrected chi connectivity index (χ0v) is 14.2. The van der Waals surface area contributed by atoms with Gasteiger partial charge in [0.25, 0.3) is 0 Å². The van der Waals surface area contributed by atoms with Crippen LogP contribution >= 0.6 is 0 Å². The highest BCUT2D eigenvalue weighted by Crippen LogP contribution is 2.36. The summed E-state index contributed by atoms with van der Waals surface area (Å²) >= 11 is 0. The zero-order valence-electron chi connectivity index (χ0n) is 14.2. The average molecular weight is 313 g/mol. The van der Waals surface area contributed by atoms with Crippen molar-refractivity contribution in [3.8, 4) is 22.4 Å². The van der Waals surface area contributed by atoms with Crippen LogP contribution in [0.5, 0.6) is 0 Å². The van der Waals surface area contributed by atoms with Crippen LogP contribution in [-0.2, 0) is 0 Å². The van der Waals surface area contributed by atoms with Crippen molar-refractivity contribution in [2.75, 3.05) is 0 Å². The molecule has 0 bridgehead atoms. The van der Waals surface area contributed by atoms with E-state index in [4.69, 9.17) is 0 Å². The maximum absolute atomic E-state index is 4.60. The van der Waals surface area contributed by atoms with Crippen LogP contribution < -0.4 is 0 Å². The van der Waals surface area contributed by atoms with E-state index in [0.29, 0.717) is 0 Å². The van der Waals surface area contributed by atoms with Gasteiger partial charge < -0.3 is 0 Å². The Morgan fingerprint density at radius 1 is 0.833 bits per heavy atom. The summed E-state index contributed by atoms with van der Waals surface area (Å²) in [7, 11) is 0. The van der Waals surface area contributed by atoms with E-state index in [1.165, 1.54) is 53.5 Å². The lowest BCUT2D eigenvalue weighted by atomic mass is 9.93. The number of nitrogens with zero attached hydrogens (tertiary/aromatic N) is 1. The first-order chi connectivity index (χ1) is 11.8. The van der Waals surface area contributed by atoms with Gasteiger partial charge in [-0.05, 0) is 60.1 Å². The van der Waals surface area contributed by atoms with Crippen LogP contribution in [-0.4, -0.2) is 4.98 Å². The fourth-order valence-corrected chi connectivity index (χ4v) is 3.85. The Kier molecular flexibility index (Phi) is 4.17. The molecule has 1 aliphatic carbocycles. The van der Waals surface area contributed by atoms with Gasteiger partial charge in [-0.15, -0.1) is 0 Å². The quantitative estimate of drug-likeness (QED) is 0.546. The number of aryl methyl sites for hydroxylation is 1. The summed E-state index contributed by atoms with van der Waals surface area (Å²) in [5.41, 5.74) is 7.59. The van der Waals surface area contributed by atoms with Gasteiger partial charge in [0.1, 0.15) is 0 Å². The van der Waals surface area contributed by atoms with E-state index < -0.39 is 0 Å². The summed E-state index contributed by atoms with van der Waals surface area (Å²) in [5, 5.41) is 0. The lowest BCUT2D eigenvalue weighted by molar-refractivity contribution is 0.723. The summed E-state index contributed by atoms with van der Waals surface area (Å²) in [5.74, 6) is 0.752. The molecule has 1 aliphatic rings. The molecule has 4 rings (SSSR count). The molecule has 1 fully saturated rings. The van der Waals surface area contributed by atoms with Crippen molar-refractivity contribution in [3.63, 3.8) is 0 Å². The second-order valence-electron chi connectivity index (χ2n) is 6.85. The van der Waals surface area contributed by atoms with E-state index in [1.807, 2.05) is 6.20 Å². The van der Waals surface area contributed by atoms with Gasteiger partial charge in [0.05, 0.1) is 5.69 Å². The molecule has 1 saturated carbocycles. The van der Waals surface area contributed by atoms with Gasteiger partial charge in [-0.25, -0.2) is 0 Å². The first-order valence-corrected chi connectivity index (χ1v) is 8.94. The molecule has 120 valence electrons. The Bertz CT molecular complexity index is 844. The molecule has 0 atom stereocenters. The van der Waals surface area contributed by atoms with Crippen molar-refractivity contribution in [1.29, 1.82) is 0 Å². The fraction of sp³-hybridized carbons (Fsp3) is 0.261. The fourth-order valence-electron chi connectivity index (χ4n) is 3.85. The molecule has 1 aromatic heterocycles. The molecule has 1 heterocycles. The maximum atomic E-state index is 4.60. The minimum absolute atomic E-state index is 0.752. The van der Waals surface area contributed by atoms with Crippen molar-refractivity contribution in [2.24, 2.45) is 0 Å². The molecule has 0 saturated heterocycles. The Morgan fingerprint density at radius 2 is 1.62 bits per heavy atom. The summed E-state index contributed by atoms with van der Waals surface area (Å²) in [6.07, 6.45) is 7.37. The van der Waals surface area contributed by atoms with Crippen molar-refractivity contribution >= 4 is 0 Å². The number of benzene rings is 2. The zero-order chi connectivity index (χ0) is 16.4. The maximum Gasteiger partial charge on any atom is 0.0710 e. The first kappa shape index (κ1) is 15.1. The van der Waals surface area contributed by atoms with E-state index >= 15 is 0 Å². The largest absolute Gasteiger partial charge is 0.256 e. The minimum Gasteiger partial charge on any atom is -0.256 e. The summed E-state index contributed by atoms with van der Waals surface area (Å²) in [6.45, 7) is 2.14. The lowest BCUT2D eigenvalue weighted by Crippen LogP contribution is -1.93. The van der Waals surface area contributed by atoms with Crippen LogP contribution in [0.3, 0.4) is 0 Å². The van der Waals surface area contributed by atoms with Gasteiger partial charge in [-0.1, -0.05) is 61.4 Å². The third-order valence-corrected chi connectivity index (χ3v) is 5.23. The highest BCUT2D eigenvalue weighted by Gasteiger charge is 2.17. The van der Waals surface area contributed by atoms with Gasteiger partial charge >= 0.3 is 0 Å². The molecule has 0 amide bonds. The third kappa shape index (κ3) is 2.99. The minimum atomic E-state index is 0.752. The SMILES string of the molecule is Cc1ccccc1-c1cc(-c2cccc(C3CCCC3)c2)ccn1. The summed E-state index contributed by atoms with van der Waals surface area (Å²) < 4.78 is 0.